The maximum Gasteiger partial charge on any atom is 0.254 e. The summed E-state index contributed by atoms with van der Waals surface area (Å²) in [5.74, 6) is -0.369. The summed E-state index contributed by atoms with van der Waals surface area (Å²) in [7, 11) is 1.57. The molecule has 1 heterocycles. The predicted molar refractivity (Wildman–Crippen MR) is 152 cm³/mol. The molecule has 1 atom stereocenters. The monoisotopic (exact) mass is 543 g/mol. The number of nitriles is 1. The van der Waals surface area contributed by atoms with Crippen molar-refractivity contribution >= 4 is 40.7 Å². The Morgan fingerprint density at radius 1 is 1.05 bits per heavy atom. The van der Waals surface area contributed by atoms with E-state index in [1.54, 1.807) is 50.4 Å². The lowest BCUT2D eigenvalue weighted by atomic mass is 9.82. The topological polar surface area (TPSA) is 91.2 Å². The van der Waals surface area contributed by atoms with E-state index in [1.165, 1.54) is 11.8 Å². The van der Waals surface area contributed by atoms with Crippen molar-refractivity contribution in [2.24, 2.45) is 0 Å². The van der Waals surface area contributed by atoms with Crippen molar-refractivity contribution in [3.63, 3.8) is 0 Å². The zero-order valence-electron chi connectivity index (χ0n) is 21.2. The second kappa shape index (κ2) is 12.0. The predicted octanol–water partition coefficient (Wildman–Crippen LogP) is 6.61. The van der Waals surface area contributed by atoms with Gasteiger partial charge in [-0.3, -0.25) is 9.59 Å². The SMILES string of the molecule is COc1ccc(C(=O)CSC2=C(C#N)C(c3ccccc3Cl)C(C(=O)Nc3ccccc3C)=C(C)N2)cc1. The van der Waals surface area contributed by atoms with Crippen molar-refractivity contribution in [1.82, 2.24) is 5.32 Å². The van der Waals surface area contributed by atoms with E-state index >= 15 is 0 Å². The molecule has 1 aliphatic heterocycles. The lowest BCUT2D eigenvalue weighted by molar-refractivity contribution is -0.113. The summed E-state index contributed by atoms with van der Waals surface area (Å²) < 4.78 is 5.16. The largest absolute Gasteiger partial charge is 0.497 e. The summed E-state index contributed by atoms with van der Waals surface area (Å²) in [5, 5.41) is 17.5. The van der Waals surface area contributed by atoms with Gasteiger partial charge in [-0.2, -0.15) is 5.26 Å². The molecule has 6 nitrogen and oxygen atoms in total. The van der Waals surface area contributed by atoms with Crippen molar-refractivity contribution in [2.75, 3.05) is 18.2 Å². The first kappa shape index (κ1) is 27.1. The Morgan fingerprint density at radius 2 is 1.74 bits per heavy atom. The number of dihydropyridines is 1. The fourth-order valence-electron chi connectivity index (χ4n) is 4.25. The molecule has 0 saturated heterocycles. The van der Waals surface area contributed by atoms with Crippen LogP contribution in [0.15, 0.2) is 94.7 Å². The van der Waals surface area contributed by atoms with Crippen molar-refractivity contribution in [1.29, 1.82) is 5.26 Å². The summed E-state index contributed by atoms with van der Waals surface area (Å²) in [4.78, 5) is 26.5. The van der Waals surface area contributed by atoms with Gasteiger partial charge in [-0.05, 0) is 61.4 Å². The minimum Gasteiger partial charge on any atom is -0.497 e. The summed E-state index contributed by atoms with van der Waals surface area (Å²) in [6, 6.07) is 23.8. The molecule has 1 amide bonds. The summed E-state index contributed by atoms with van der Waals surface area (Å²) in [6.07, 6.45) is 0. The van der Waals surface area contributed by atoms with E-state index in [0.29, 0.717) is 49.5 Å². The maximum absolute atomic E-state index is 13.6. The standard InChI is InChI=1S/C30H26ClN3O3S/c1-18-8-4-7-11-25(18)34-29(36)27-19(2)33-30(23(16-32)28(27)22-9-5-6-10-24(22)31)38-17-26(35)20-12-14-21(37-3)15-13-20/h4-15,28,33H,17H2,1-3H3,(H,34,36). The van der Waals surface area contributed by atoms with Crippen LogP contribution in [0.5, 0.6) is 5.75 Å². The van der Waals surface area contributed by atoms with Crippen molar-refractivity contribution in [3.8, 4) is 11.8 Å². The lowest BCUT2D eigenvalue weighted by Crippen LogP contribution is -2.31. The minimum absolute atomic E-state index is 0.0942. The number of ketones is 1. The average molecular weight is 544 g/mol. The van der Waals surface area contributed by atoms with Crippen LogP contribution in [0.25, 0.3) is 0 Å². The zero-order valence-corrected chi connectivity index (χ0v) is 22.7. The van der Waals surface area contributed by atoms with Gasteiger partial charge in [0.05, 0.1) is 35.5 Å². The molecule has 0 aliphatic carbocycles. The van der Waals surface area contributed by atoms with Gasteiger partial charge in [0.1, 0.15) is 5.75 Å². The second-order valence-electron chi connectivity index (χ2n) is 8.68. The van der Waals surface area contributed by atoms with Crippen LogP contribution < -0.4 is 15.4 Å². The van der Waals surface area contributed by atoms with Crippen LogP contribution in [0.4, 0.5) is 5.69 Å². The number of nitrogens with one attached hydrogen (secondary N) is 2. The number of aryl methyl sites for hydroxylation is 1. The van der Waals surface area contributed by atoms with Gasteiger partial charge in [0, 0.05) is 27.5 Å². The highest BCUT2D eigenvalue weighted by atomic mass is 35.5. The van der Waals surface area contributed by atoms with Crippen molar-refractivity contribution in [2.45, 2.75) is 19.8 Å². The molecule has 0 radical (unpaired) electrons. The molecular formula is C30H26ClN3O3S. The van der Waals surface area contributed by atoms with Gasteiger partial charge in [0.25, 0.3) is 5.91 Å². The number of amides is 1. The summed E-state index contributed by atoms with van der Waals surface area (Å²) in [6.45, 7) is 3.70. The Labute approximate surface area is 231 Å². The Bertz CT molecular complexity index is 1490. The molecular weight excluding hydrogens is 518 g/mol. The molecule has 3 aromatic carbocycles. The number of halogens is 1. The Balaban J connectivity index is 1.68. The second-order valence-corrected chi connectivity index (χ2v) is 10.1. The Kier molecular flexibility index (Phi) is 8.57. The zero-order chi connectivity index (χ0) is 27.2. The third-order valence-corrected chi connectivity index (χ3v) is 7.62. The van der Waals surface area contributed by atoms with Crippen LogP contribution in [0.1, 0.15) is 34.3 Å². The van der Waals surface area contributed by atoms with Gasteiger partial charge in [-0.1, -0.05) is 59.8 Å². The van der Waals surface area contributed by atoms with E-state index in [9.17, 15) is 14.9 Å². The first-order valence-corrected chi connectivity index (χ1v) is 13.2. The van der Waals surface area contributed by atoms with Gasteiger partial charge >= 0.3 is 0 Å². The van der Waals surface area contributed by atoms with Crippen molar-refractivity contribution < 1.29 is 14.3 Å². The lowest BCUT2D eigenvalue weighted by Gasteiger charge is -2.30. The molecule has 2 N–H and O–H groups in total. The van der Waals surface area contributed by atoms with E-state index in [4.69, 9.17) is 16.3 Å². The molecule has 0 saturated carbocycles. The van der Waals surface area contributed by atoms with Crippen LogP contribution in [0.2, 0.25) is 5.02 Å². The molecule has 3 aromatic rings. The number of thioether (sulfide) groups is 1. The van der Waals surface area contributed by atoms with E-state index in [1.807, 2.05) is 43.3 Å². The van der Waals surface area contributed by atoms with Crippen LogP contribution >= 0.6 is 23.4 Å². The number of para-hydroxylation sites is 1. The number of anilines is 1. The number of methoxy groups -OCH3 is 1. The third-order valence-electron chi connectivity index (χ3n) is 6.26. The average Bonchev–Trinajstić information content (AvgIpc) is 2.92. The number of rotatable bonds is 8. The molecule has 192 valence electrons. The van der Waals surface area contributed by atoms with E-state index in [0.717, 1.165) is 5.56 Å². The number of allylic oxidation sites excluding steroid dienone is 2. The molecule has 0 bridgehead atoms. The third kappa shape index (κ3) is 5.77. The number of hydrogen-bond acceptors (Lipinski definition) is 6. The molecule has 8 heteroatoms. The van der Waals surface area contributed by atoms with Gasteiger partial charge in [0.2, 0.25) is 0 Å². The normalized spacial score (nSPS) is 15.0. The first-order chi connectivity index (χ1) is 18.3. The molecule has 0 fully saturated rings. The molecule has 1 aliphatic rings. The highest BCUT2D eigenvalue weighted by molar-refractivity contribution is 8.03. The van der Waals surface area contributed by atoms with E-state index < -0.39 is 5.92 Å². The molecule has 1 unspecified atom stereocenters. The summed E-state index contributed by atoms with van der Waals surface area (Å²) in [5.41, 5.74) is 4.08. The quantitative estimate of drug-likeness (QED) is 0.311. The number of Topliss-reactive ketones (excluding diaryl/α,β-unsaturated/α-hetero) is 1. The van der Waals surface area contributed by atoms with Crippen LogP contribution in [0.3, 0.4) is 0 Å². The van der Waals surface area contributed by atoms with Crippen LogP contribution in [0, 0.1) is 18.3 Å². The number of nitrogens with zero attached hydrogens (tertiary/aromatic N) is 1. The number of carbonyl (C=O) groups excluding carboxylic acids is 2. The molecule has 0 aromatic heterocycles. The fraction of sp³-hybridized carbons (Fsp3) is 0.167. The number of hydrogen-bond donors (Lipinski definition) is 2. The smallest absolute Gasteiger partial charge is 0.254 e. The van der Waals surface area contributed by atoms with Gasteiger partial charge < -0.3 is 15.4 Å². The minimum atomic E-state index is -0.711. The Morgan fingerprint density at radius 3 is 2.39 bits per heavy atom. The molecule has 38 heavy (non-hydrogen) atoms. The Hall–Kier alpha value is -3.99. The first-order valence-electron chi connectivity index (χ1n) is 11.9. The maximum atomic E-state index is 13.6. The van der Waals surface area contributed by atoms with Gasteiger partial charge in [0.15, 0.2) is 5.78 Å². The summed E-state index contributed by atoms with van der Waals surface area (Å²) >= 11 is 7.81. The molecule has 0 spiro atoms. The number of ether oxygens (including phenoxy) is 1. The number of benzene rings is 3. The van der Waals surface area contributed by atoms with E-state index in [-0.39, 0.29) is 17.4 Å². The molecule has 4 rings (SSSR count). The van der Waals surface area contributed by atoms with Crippen molar-refractivity contribution in [3.05, 3.63) is 116 Å². The number of carbonyl (C=O) groups is 2. The van der Waals surface area contributed by atoms with E-state index in [2.05, 4.69) is 16.7 Å². The van der Waals surface area contributed by atoms with Crippen LogP contribution in [-0.4, -0.2) is 24.6 Å². The fourth-order valence-corrected chi connectivity index (χ4v) is 5.48. The van der Waals surface area contributed by atoms with Crippen LogP contribution in [-0.2, 0) is 4.79 Å². The van der Waals surface area contributed by atoms with Gasteiger partial charge in [-0.25, -0.2) is 0 Å². The highest BCUT2D eigenvalue weighted by Crippen LogP contribution is 2.43. The van der Waals surface area contributed by atoms with Gasteiger partial charge in [-0.15, -0.1) is 0 Å². The highest BCUT2D eigenvalue weighted by Gasteiger charge is 2.36.